The number of nitrogens with zero attached hydrogens (tertiary/aromatic N) is 1. The quantitative estimate of drug-likeness (QED) is 0.711. The molecule has 0 aromatic carbocycles. The fourth-order valence-electron chi connectivity index (χ4n) is 1.54. The molecule has 13 heavy (non-hydrogen) atoms. The van der Waals surface area contributed by atoms with Gasteiger partial charge in [0.1, 0.15) is 0 Å². The van der Waals surface area contributed by atoms with E-state index in [1.807, 2.05) is 11.2 Å². The van der Waals surface area contributed by atoms with Gasteiger partial charge in [-0.3, -0.25) is 4.79 Å². The molecule has 0 saturated carbocycles. The molecular formula is C9H18N2OS. The number of nitrogens with two attached hydrogens (primary N) is 1. The Hall–Kier alpha value is -0.220. The van der Waals surface area contributed by atoms with E-state index in [9.17, 15) is 4.79 Å². The second kappa shape index (κ2) is 4.86. The maximum absolute atomic E-state index is 11.5. The van der Waals surface area contributed by atoms with E-state index in [2.05, 4.69) is 6.92 Å². The number of thioether (sulfide) groups is 1. The Morgan fingerprint density at radius 2 is 2.38 bits per heavy atom. The molecule has 0 bridgehead atoms. The third kappa shape index (κ3) is 2.88. The Labute approximate surface area is 84.0 Å². The smallest absolute Gasteiger partial charge is 0.232 e. The first-order valence-corrected chi connectivity index (χ1v) is 6.07. The maximum atomic E-state index is 11.5. The van der Waals surface area contributed by atoms with E-state index in [0.29, 0.717) is 11.7 Å². The highest BCUT2D eigenvalue weighted by Crippen LogP contribution is 2.15. The molecule has 76 valence electrons. The summed E-state index contributed by atoms with van der Waals surface area (Å²) in [5, 5.41) is 0. The molecule has 0 aromatic rings. The second-order valence-corrected chi connectivity index (χ2v) is 4.57. The van der Waals surface area contributed by atoms with Gasteiger partial charge in [0.05, 0.1) is 5.75 Å². The lowest BCUT2D eigenvalue weighted by Crippen LogP contribution is -2.50. The zero-order valence-corrected chi connectivity index (χ0v) is 9.14. The van der Waals surface area contributed by atoms with Crippen LogP contribution in [0.2, 0.25) is 0 Å². The lowest BCUT2D eigenvalue weighted by molar-refractivity contribution is -0.130. The van der Waals surface area contributed by atoms with Crippen LogP contribution >= 0.6 is 11.8 Å². The highest BCUT2D eigenvalue weighted by atomic mass is 32.2. The van der Waals surface area contributed by atoms with Crippen LogP contribution in [0.25, 0.3) is 0 Å². The normalized spacial score (nSPS) is 29.0. The molecule has 3 nitrogen and oxygen atoms in total. The Bertz CT molecular complexity index is 186. The molecule has 1 fully saturated rings. The average Bonchev–Trinajstić information content (AvgIpc) is 2.10. The van der Waals surface area contributed by atoms with E-state index in [4.69, 9.17) is 5.73 Å². The SMILES string of the molecule is CSCC(=O)N1CCC(C)C(N)C1. The molecule has 1 aliphatic heterocycles. The summed E-state index contributed by atoms with van der Waals surface area (Å²) in [5.74, 6) is 1.37. The van der Waals surface area contributed by atoms with Crippen molar-refractivity contribution in [2.24, 2.45) is 11.7 Å². The summed E-state index contributed by atoms with van der Waals surface area (Å²) in [7, 11) is 0. The van der Waals surface area contributed by atoms with Crippen molar-refractivity contribution in [3.05, 3.63) is 0 Å². The van der Waals surface area contributed by atoms with Gasteiger partial charge in [-0.05, 0) is 18.6 Å². The first-order valence-electron chi connectivity index (χ1n) is 4.67. The Kier molecular flexibility index (Phi) is 4.06. The van der Waals surface area contributed by atoms with Crippen LogP contribution in [0.3, 0.4) is 0 Å². The van der Waals surface area contributed by atoms with Crippen molar-refractivity contribution in [3.8, 4) is 0 Å². The molecule has 1 saturated heterocycles. The second-order valence-electron chi connectivity index (χ2n) is 3.70. The summed E-state index contributed by atoms with van der Waals surface area (Å²) in [6, 6.07) is 0.166. The van der Waals surface area contributed by atoms with Crippen LogP contribution in [0.1, 0.15) is 13.3 Å². The monoisotopic (exact) mass is 202 g/mol. The van der Waals surface area contributed by atoms with Gasteiger partial charge in [-0.15, -0.1) is 0 Å². The molecule has 0 radical (unpaired) electrons. The van der Waals surface area contributed by atoms with Crippen LogP contribution in [0.4, 0.5) is 0 Å². The van der Waals surface area contributed by atoms with Crippen molar-refractivity contribution in [2.45, 2.75) is 19.4 Å². The molecule has 0 aliphatic carbocycles. The first kappa shape index (κ1) is 10.9. The lowest BCUT2D eigenvalue weighted by atomic mass is 9.94. The van der Waals surface area contributed by atoms with Crippen LogP contribution in [0.5, 0.6) is 0 Å². The highest BCUT2D eigenvalue weighted by molar-refractivity contribution is 7.99. The minimum atomic E-state index is 0.166. The predicted octanol–water partition coefficient (Wildman–Crippen LogP) is 0.545. The van der Waals surface area contributed by atoms with Crippen molar-refractivity contribution >= 4 is 17.7 Å². The van der Waals surface area contributed by atoms with Crippen molar-refractivity contribution in [1.82, 2.24) is 4.90 Å². The van der Waals surface area contributed by atoms with Gasteiger partial charge < -0.3 is 10.6 Å². The van der Waals surface area contributed by atoms with Gasteiger partial charge >= 0.3 is 0 Å². The Morgan fingerprint density at radius 3 is 2.92 bits per heavy atom. The largest absolute Gasteiger partial charge is 0.340 e. The average molecular weight is 202 g/mol. The third-order valence-corrected chi connectivity index (χ3v) is 3.17. The number of likely N-dealkylation sites (tertiary alicyclic amines) is 1. The third-order valence-electron chi connectivity index (χ3n) is 2.64. The van der Waals surface area contributed by atoms with Gasteiger partial charge in [-0.2, -0.15) is 11.8 Å². The van der Waals surface area contributed by atoms with E-state index in [1.165, 1.54) is 0 Å². The van der Waals surface area contributed by atoms with E-state index in [-0.39, 0.29) is 11.9 Å². The van der Waals surface area contributed by atoms with Gasteiger partial charge in [0.2, 0.25) is 5.91 Å². The zero-order valence-electron chi connectivity index (χ0n) is 8.32. The molecule has 4 heteroatoms. The predicted molar refractivity (Wildman–Crippen MR) is 56.7 cm³/mol. The number of carbonyl (C=O) groups is 1. The van der Waals surface area contributed by atoms with E-state index < -0.39 is 0 Å². The van der Waals surface area contributed by atoms with Gasteiger partial charge in [-0.25, -0.2) is 0 Å². The van der Waals surface area contributed by atoms with Gasteiger partial charge in [0.15, 0.2) is 0 Å². The maximum Gasteiger partial charge on any atom is 0.232 e. The number of piperidine rings is 1. The number of rotatable bonds is 2. The fraction of sp³-hybridized carbons (Fsp3) is 0.889. The highest BCUT2D eigenvalue weighted by Gasteiger charge is 2.25. The van der Waals surface area contributed by atoms with E-state index in [1.54, 1.807) is 11.8 Å². The van der Waals surface area contributed by atoms with Crippen molar-refractivity contribution in [3.63, 3.8) is 0 Å². The molecule has 1 aliphatic rings. The summed E-state index contributed by atoms with van der Waals surface area (Å²) in [6.07, 6.45) is 2.99. The summed E-state index contributed by atoms with van der Waals surface area (Å²) in [4.78, 5) is 13.4. The first-order chi connectivity index (χ1) is 6.15. The molecule has 2 atom stereocenters. The van der Waals surface area contributed by atoms with Crippen LogP contribution in [0.15, 0.2) is 0 Å². The molecule has 1 rings (SSSR count). The van der Waals surface area contributed by atoms with Crippen LogP contribution in [-0.2, 0) is 4.79 Å². The molecule has 1 heterocycles. The molecule has 1 amide bonds. The summed E-state index contributed by atoms with van der Waals surface area (Å²) >= 11 is 1.57. The zero-order chi connectivity index (χ0) is 9.84. The van der Waals surface area contributed by atoms with E-state index >= 15 is 0 Å². The minimum Gasteiger partial charge on any atom is -0.340 e. The molecule has 0 aromatic heterocycles. The summed E-state index contributed by atoms with van der Waals surface area (Å²) < 4.78 is 0. The van der Waals surface area contributed by atoms with Gasteiger partial charge in [-0.1, -0.05) is 6.92 Å². The van der Waals surface area contributed by atoms with Crippen molar-refractivity contribution in [1.29, 1.82) is 0 Å². The fourth-order valence-corrected chi connectivity index (χ4v) is 1.97. The molecule has 0 spiro atoms. The minimum absolute atomic E-state index is 0.166. The van der Waals surface area contributed by atoms with Crippen LogP contribution in [-0.4, -0.2) is 41.9 Å². The summed E-state index contributed by atoms with van der Waals surface area (Å²) in [5.41, 5.74) is 5.90. The molecular weight excluding hydrogens is 184 g/mol. The number of carbonyl (C=O) groups excluding carboxylic acids is 1. The van der Waals surface area contributed by atoms with Crippen molar-refractivity contribution in [2.75, 3.05) is 25.1 Å². The standard InChI is InChI=1S/C9H18N2OS/c1-7-3-4-11(5-8(7)10)9(12)6-13-2/h7-8H,3-6,10H2,1-2H3. The van der Waals surface area contributed by atoms with Crippen LogP contribution in [0, 0.1) is 5.92 Å². The number of hydrogen-bond acceptors (Lipinski definition) is 3. The summed E-state index contributed by atoms with van der Waals surface area (Å²) in [6.45, 7) is 3.77. The number of amides is 1. The molecule has 2 N–H and O–H groups in total. The van der Waals surface area contributed by atoms with Gasteiger partial charge in [0.25, 0.3) is 0 Å². The molecule has 2 unspecified atom stereocenters. The topological polar surface area (TPSA) is 46.3 Å². The van der Waals surface area contributed by atoms with Gasteiger partial charge in [0, 0.05) is 19.1 Å². The van der Waals surface area contributed by atoms with Crippen molar-refractivity contribution < 1.29 is 4.79 Å². The van der Waals surface area contributed by atoms with Crippen LogP contribution < -0.4 is 5.73 Å². The lowest BCUT2D eigenvalue weighted by Gasteiger charge is -2.34. The Balaban J connectivity index is 2.40. The Morgan fingerprint density at radius 1 is 1.69 bits per heavy atom. The number of hydrogen-bond donors (Lipinski definition) is 1. The van der Waals surface area contributed by atoms with E-state index in [0.717, 1.165) is 19.5 Å².